The lowest BCUT2D eigenvalue weighted by molar-refractivity contribution is 0.0949. The molecular weight excluding hydrogens is 322 g/mol. The maximum absolute atomic E-state index is 12.2. The van der Waals surface area contributed by atoms with E-state index in [9.17, 15) is 4.79 Å². The van der Waals surface area contributed by atoms with E-state index in [-0.39, 0.29) is 5.91 Å². The molecule has 0 saturated carbocycles. The van der Waals surface area contributed by atoms with Crippen molar-refractivity contribution in [2.75, 3.05) is 11.9 Å². The van der Waals surface area contributed by atoms with Crippen LogP contribution in [0.4, 0.5) is 11.4 Å². The Balaban J connectivity index is 1.52. The molecule has 0 atom stereocenters. The highest BCUT2D eigenvalue weighted by molar-refractivity contribution is 5.92. The highest BCUT2D eigenvalue weighted by Gasteiger charge is 2.06. The van der Waals surface area contributed by atoms with Gasteiger partial charge in [0, 0.05) is 12.2 Å². The Morgan fingerprint density at radius 2 is 1.62 bits per heavy atom. The van der Waals surface area contributed by atoms with Gasteiger partial charge in [0.15, 0.2) is 0 Å². The van der Waals surface area contributed by atoms with Crippen molar-refractivity contribution in [2.45, 2.75) is 19.8 Å². The molecule has 132 valence electrons. The minimum absolute atomic E-state index is 0.153. The van der Waals surface area contributed by atoms with Gasteiger partial charge in [-0.15, -0.1) is 0 Å². The molecule has 1 amide bonds. The first kappa shape index (κ1) is 17.7. The van der Waals surface area contributed by atoms with E-state index in [0.29, 0.717) is 12.2 Å². The number of aromatic nitrogens is 1. The molecule has 4 heteroatoms. The maximum Gasteiger partial charge on any atom is 0.269 e. The Labute approximate surface area is 154 Å². The van der Waals surface area contributed by atoms with Crippen LogP contribution >= 0.6 is 0 Å². The molecule has 0 aliphatic carbocycles. The van der Waals surface area contributed by atoms with Gasteiger partial charge in [0.05, 0.1) is 11.9 Å². The maximum atomic E-state index is 12.2. The summed E-state index contributed by atoms with van der Waals surface area (Å²) in [7, 11) is 0. The van der Waals surface area contributed by atoms with E-state index in [0.717, 1.165) is 24.2 Å². The summed E-state index contributed by atoms with van der Waals surface area (Å²) in [6.07, 6.45) is 3.51. The number of carbonyl (C=O) groups is 1. The lowest BCUT2D eigenvalue weighted by Crippen LogP contribution is -2.26. The van der Waals surface area contributed by atoms with Crippen LogP contribution in [-0.4, -0.2) is 17.4 Å². The average molecular weight is 345 g/mol. The molecule has 0 spiro atoms. The number of benzene rings is 2. The molecule has 26 heavy (non-hydrogen) atoms. The van der Waals surface area contributed by atoms with Gasteiger partial charge in [0.1, 0.15) is 5.69 Å². The zero-order chi connectivity index (χ0) is 18.2. The molecule has 0 aliphatic heterocycles. The summed E-state index contributed by atoms with van der Waals surface area (Å²) in [6.45, 7) is 2.73. The molecule has 0 saturated heterocycles. The van der Waals surface area contributed by atoms with Crippen molar-refractivity contribution < 1.29 is 4.79 Å². The summed E-state index contributed by atoms with van der Waals surface area (Å²) in [5, 5.41) is 6.20. The molecule has 1 aromatic heterocycles. The molecule has 0 fully saturated rings. The monoisotopic (exact) mass is 345 g/mol. The topological polar surface area (TPSA) is 54.0 Å². The molecule has 4 nitrogen and oxygen atoms in total. The number of aryl methyl sites for hydroxylation is 1. The standard InChI is InChI=1S/C22H23N3O/c1-2-17-8-10-19(11-9-17)25-20-12-13-21(24-16-20)22(26)23-15-14-18-6-4-3-5-7-18/h3-13,16,25H,2,14-15H2,1H3,(H,23,26). The van der Waals surface area contributed by atoms with Crippen LogP contribution < -0.4 is 10.6 Å². The SMILES string of the molecule is CCc1ccc(Nc2ccc(C(=O)NCCc3ccccc3)nc2)cc1. The van der Waals surface area contributed by atoms with Crippen LogP contribution in [0.15, 0.2) is 72.9 Å². The third-order valence-electron chi connectivity index (χ3n) is 4.19. The Hall–Kier alpha value is -3.14. The quantitative estimate of drug-likeness (QED) is 0.669. The largest absolute Gasteiger partial charge is 0.354 e. The van der Waals surface area contributed by atoms with Crippen LogP contribution in [0.3, 0.4) is 0 Å². The third-order valence-corrected chi connectivity index (χ3v) is 4.19. The van der Waals surface area contributed by atoms with Gasteiger partial charge in [-0.3, -0.25) is 4.79 Å². The number of amides is 1. The molecule has 3 rings (SSSR count). The van der Waals surface area contributed by atoms with Crippen LogP contribution in [0.5, 0.6) is 0 Å². The van der Waals surface area contributed by atoms with Crippen LogP contribution in [0.25, 0.3) is 0 Å². The summed E-state index contributed by atoms with van der Waals surface area (Å²) in [6, 6.07) is 22.0. The van der Waals surface area contributed by atoms with Crippen molar-refractivity contribution in [1.29, 1.82) is 0 Å². The smallest absolute Gasteiger partial charge is 0.269 e. The number of rotatable bonds is 7. The van der Waals surface area contributed by atoms with Crippen molar-refractivity contribution in [3.8, 4) is 0 Å². The lowest BCUT2D eigenvalue weighted by atomic mass is 10.1. The number of nitrogens with one attached hydrogen (secondary N) is 2. The van der Waals surface area contributed by atoms with E-state index in [2.05, 4.69) is 46.8 Å². The molecule has 2 aromatic carbocycles. The fraction of sp³-hybridized carbons (Fsp3) is 0.182. The van der Waals surface area contributed by atoms with E-state index in [1.807, 2.05) is 36.4 Å². The number of pyridine rings is 1. The van der Waals surface area contributed by atoms with Crippen LogP contribution in [0.1, 0.15) is 28.5 Å². The second-order valence-electron chi connectivity index (χ2n) is 6.10. The number of hydrogen-bond donors (Lipinski definition) is 2. The molecule has 3 aromatic rings. The lowest BCUT2D eigenvalue weighted by Gasteiger charge is -2.08. The van der Waals surface area contributed by atoms with Gasteiger partial charge < -0.3 is 10.6 Å². The average Bonchev–Trinajstić information content (AvgIpc) is 2.70. The predicted molar refractivity (Wildman–Crippen MR) is 106 cm³/mol. The number of carbonyl (C=O) groups excluding carboxylic acids is 1. The molecule has 2 N–H and O–H groups in total. The molecule has 0 radical (unpaired) electrons. The van der Waals surface area contributed by atoms with Crippen LogP contribution in [-0.2, 0) is 12.8 Å². The molecule has 1 heterocycles. The second-order valence-corrected chi connectivity index (χ2v) is 6.10. The first-order valence-electron chi connectivity index (χ1n) is 8.89. The van der Waals surface area contributed by atoms with Crippen molar-refractivity contribution in [3.63, 3.8) is 0 Å². The van der Waals surface area contributed by atoms with Gasteiger partial charge in [0.25, 0.3) is 5.91 Å². The Bertz CT molecular complexity index is 828. The normalized spacial score (nSPS) is 10.3. The van der Waals surface area contributed by atoms with Gasteiger partial charge in [-0.25, -0.2) is 4.98 Å². The number of nitrogens with zero attached hydrogens (tertiary/aromatic N) is 1. The van der Waals surface area contributed by atoms with E-state index >= 15 is 0 Å². The number of anilines is 2. The fourth-order valence-electron chi connectivity index (χ4n) is 2.65. The van der Waals surface area contributed by atoms with E-state index in [1.165, 1.54) is 11.1 Å². The van der Waals surface area contributed by atoms with Gasteiger partial charge >= 0.3 is 0 Å². The minimum atomic E-state index is -0.153. The Morgan fingerprint density at radius 3 is 2.27 bits per heavy atom. The molecule has 0 bridgehead atoms. The highest BCUT2D eigenvalue weighted by atomic mass is 16.1. The highest BCUT2D eigenvalue weighted by Crippen LogP contribution is 2.16. The minimum Gasteiger partial charge on any atom is -0.354 e. The van der Waals surface area contributed by atoms with E-state index < -0.39 is 0 Å². The zero-order valence-electron chi connectivity index (χ0n) is 14.9. The van der Waals surface area contributed by atoms with E-state index in [1.54, 1.807) is 12.3 Å². The zero-order valence-corrected chi connectivity index (χ0v) is 14.9. The van der Waals surface area contributed by atoms with Gasteiger partial charge in [-0.2, -0.15) is 0 Å². The second kappa shape index (κ2) is 8.81. The van der Waals surface area contributed by atoms with Crippen LogP contribution in [0.2, 0.25) is 0 Å². The third kappa shape index (κ3) is 4.93. The molecule has 0 unspecified atom stereocenters. The summed E-state index contributed by atoms with van der Waals surface area (Å²) in [4.78, 5) is 16.4. The van der Waals surface area contributed by atoms with Crippen molar-refractivity contribution >= 4 is 17.3 Å². The van der Waals surface area contributed by atoms with Crippen molar-refractivity contribution in [1.82, 2.24) is 10.3 Å². The fourth-order valence-corrected chi connectivity index (χ4v) is 2.65. The summed E-state index contributed by atoms with van der Waals surface area (Å²) >= 11 is 0. The van der Waals surface area contributed by atoms with Gasteiger partial charge in [0.2, 0.25) is 0 Å². The van der Waals surface area contributed by atoms with Crippen molar-refractivity contribution in [3.05, 3.63) is 89.7 Å². The van der Waals surface area contributed by atoms with E-state index in [4.69, 9.17) is 0 Å². The summed E-state index contributed by atoms with van der Waals surface area (Å²) < 4.78 is 0. The van der Waals surface area contributed by atoms with Crippen LogP contribution in [0, 0.1) is 0 Å². The molecule has 0 aliphatic rings. The Morgan fingerprint density at radius 1 is 0.885 bits per heavy atom. The Kier molecular flexibility index (Phi) is 5.99. The van der Waals surface area contributed by atoms with Gasteiger partial charge in [-0.05, 0) is 48.2 Å². The van der Waals surface area contributed by atoms with Crippen molar-refractivity contribution in [2.24, 2.45) is 0 Å². The first-order chi connectivity index (χ1) is 12.7. The first-order valence-corrected chi connectivity index (χ1v) is 8.89. The predicted octanol–water partition coefficient (Wildman–Crippen LogP) is 4.36. The summed E-state index contributed by atoms with van der Waals surface area (Å²) in [5.74, 6) is -0.153. The molecular formula is C22H23N3O. The van der Waals surface area contributed by atoms with Gasteiger partial charge in [-0.1, -0.05) is 49.4 Å². The number of hydrogen-bond acceptors (Lipinski definition) is 3. The summed E-state index contributed by atoms with van der Waals surface area (Å²) in [5.41, 5.74) is 4.79.